The summed E-state index contributed by atoms with van der Waals surface area (Å²) in [5.41, 5.74) is -0.0648. The van der Waals surface area contributed by atoms with Crippen molar-refractivity contribution >= 4 is 11.6 Å². The standard InChI is InChI=1S/C16H21N3O4/c1-17-8-6-14-11(10-17)3-2-7-18(14)16(21)13-5-4-12(19(22)23)9-15(13)20/h4-5,9,11,14,20H,2-3,6-8,10H2,1H3. The third-order valence-electron chi connectivity index (χ3n) is 4.95. The Balaban J connectivity index is 1.83. The molecule has 1 amide bonds. The van der Waals surface area contributed by atoms with Gasteiger partial charge in [-0.15, -0.1) is 0 Å². The third-order valence-corrected chi connectivity index (χ3v) is 4.95. The minimum Gasteiger partial charge on any atom is -0.507 e. The molecule has 1 aromatic rings. The monoisotopic (exact) mass is 319 g/mol. The van der Waals surface area contributed by atoms with E-state index in [1.165, 1.54) is 12.1 Å². The van der Waals surface area contributed by atoms with Crippen molar-refractivity contribution < 1.29 is 14.8 Å². The summed E-state index contributed by atoms with van der Waals surface area (Å²) < 4.78 is 0. The summed E-state index contributed by atoms with van der Waals surface area (Å²) in [7, 11) is 2.10. The van der Waals surface area contributed by atoms with Crippen molar-refractivity contribution in [2.45, 2.75) is 25.3 Å². The maximum atomic E-state index is 12.8. The van der Waals surface area contributed by atoms with Gasteiger partial charge in [-0.05, 0) is 44.8 Å². The maximum absolute atomic E-state index is 12.8. The summed E-state index contributed by atoms with van der Waals surface area (Å²) >= 11 is 0. The molecule has 7 nitrogen and oxygen atoms in total. The van der Waals surface area contributed by atoms with Gasteiger partial charge < -0.3 is 14.9 Å². The highest BCUT2D eigenvalue weighted by Crippen LogP contribution is 2.33. The Hall–Kier alpha value is -2.15. The molecule has 2 heterocycles. The van der Waals surface area contributed by atoms with Gasteiger partial charge in [-0.2, -0.15) is 0 Å². The lowest BCUT2D eigenvalue weighted by molar-refractivity contribution is -0.384. The van der Waals surface area contributed by atoms with Crippen molar-refractivity contribution in [3.05, 3.63) is 33.9 Å². The van der Waals surface area contributed by atoms with Crippen LogP contribution in [0.15, 0.2) is 18.2 Å². The summed E-state index contributed by atoms with van der Waals surface area (Å²) in [4.78, 5) is 27.1. The van der Waals surface area contributed by atoms with Crippen LogP contribution in [0.5, 0.6) is 5.75 Å². The maximum Gasteiger partial charge on any atom is 0.273 e. The van der Waals surface area contributed by atoms with Gasteiger partial charge in [0.05, 0.1) is 16.6 Å². The molecule has 124 valence electrons. The van der Waals surface area contributed by atoms with E-state index in [0.29, 0.717) is 12.5 Å². The van der Waals surface area contributed by atoms with Crippen molar-refractivity contribution in [2.24, 2.45) is 5.92 Å². The number of hydrogen-bond donors (Lipinski definition) is 1. The lowest BCUT2D eigenvalue weighted by Gasteiger charge is -2.46. The number of carbonyl (C=O) groups is 1. The summed E-state index contributed by atoms with van der Waals surface area (Å²) in [6.07, 6.45) is 3.00. The Bertz CT molecular complexity index is 634. The number of piperidine rings is 2. The van der Waals surface area contributed by atoms with Crippen molar-refractivity contribution in [1.82, 2.24) is 9.80 Å². The average molecular weight is 319 g/mol. The van der Waals surface area contributed by atoms with Crippen LogP contribution >= 0.6 is 0 Å². The minimum atomic E-state index is -0.581. The highest BCUT2D eigenvalue weighted by atomic mass is 16.6. The molecule has 2 fully saturated rings. The molecule has 0 spiro atoms. The van der Waals surface area contributed by atoms with E-state index in [2.05, 4.69) is 11.9 Å². The molecule has 0 aromatic heterocycles. The van der Waals surface area contributed by atoms with E-state index in [4.69, 9.17) is 0 Å². The van der Waals surface area contributed by atoms with Crippen LogP contribution in [-0.4, -0.2) is 58.5 Å². The predicted molar refractivity (Wildman–Crippen MR) is 84.4 cm³/mol. The number of phenolic OH excluding ortho intramolecular Hbond substituents is 1. The largest absolute Gasteiger partial charge is 0.507 e. The molecule has 3 rings (SSSR count). The van der Waals surface area contributed by atoms with E-state index in [9.17, 15) is 20.0 Å². The molecule has 2 saturated heterocycles. The van der Waals surface area contributed by atoms with E-state index in [-0.39, 0.29) is 28.9 Å². The smallest absolute Gasteiger partial charge is 0.273 e. The molecule has 23 heavy (non-hydrogen) atoms. The normalized spacial score (nSPS) is 25.0. The van der Waals surface area contributed by atoms with E-state index < -0.39 is 4.92 Å². The molecule has 2 aliphatic heterocycles. The van der Waals surface area contributed by atoms with Crippen LogP contribution in [0.2, 0.25) is 0 Å². The van der Waals surface area contributed by atoms with E-state index in [1.54, 1.807) is 0 Å². The number of rotatable bonds is 2. The minimum absolute atomic E-state index is 0.148. The van der Waals surface area contributed by atoms with Crippen LogP contribution in [0.25, 0.3) is 0 Å². The Kier molecular flexibility index (Phi) is 4.21. The Morgan fingerprint density at radius 2 is 2.13 bits per heavy atom. The molecule has 0 bridgehead atoms. The van der Waals surface area contributed by atoms with E-state index in [1.807, 2.05) is 4.90 Å². The van der Waals surface area contributed by atoms with Crippen molar-refractivity contribution in [2.75, 3.05) is 26.7 Å². The summed E-state index contributed by atoms with van der Waals surface area (Å²) in [6.45, 7) is 2.62. The van der Waals surface area contributed by atoms with E-state index >= 15 is 0 Å². The van der Waals surface area contributed by atoms with Gasteiger partial charge in [0.25, 0.3) is 11.6 Å². The number of fused-ring (bicyclic) bond motifs is 1. The SMILES string of the molecule is CN1CCC2C(CCCN2C(=O)c2ccc([N+](=O)[O-])cc2O)C1. The Morgan fingerprint density at radius 3 is 2.83 bits per heavy atom. The summed E-state index contributed by atoms with van der Waals surface area (Å²) in [6, 6.07) is 3.86. The predicted octanol–water partition coefficient (Wildman–Crippen LogP) is 1.86. The van der Waals surface area contributed by atoms with Crippen LogP contribution < -0.4 is 0 Å². The van der Waals surface area contributed by atoms with Crippen LogP contribution in [-0.2, 0) is 0 Å². The number of amides is 1. The molecule has 2 atom stereocenters. The zero-order valence-electron chi connectivity index (χ0n) is 13.1. The van der Waals surface area contributed by atoms with Gasteiger partial charge in [0, 0.05) is 25.2 Å². The van der Waals surface area contributed by atoms with Gasteiger partial charge in [0.1, 0.15) is 5.75 Å². The van der Waals surface area contributed by atoms with Gasteiger partial charge in [-0.25, -0.2) is 0 Å². The van der Waals surface area contributed by atoms with Gasteiger partial charge in [0.2, 0.25) is 0 Å². The molecule has 0 radical (unpaired) electrons. The van der Waals surface area contributed by atoms with Crippen LogP contribution in [0.3, 0.4) is 0 Å². The van der Waals surface area contributed by atoms with Gasteiger partial charge >= 0.3 is 0 Å². The fraction of sp³-hybridized carbons (Fsp3) is 0.562. The number of likely N-dealkylation sites (tertiary alicyclic amines) is 2. The van der Waals surface area contributed by atoms with Gasteiger partial charge in [-0.1, -0.05) is 0 Å². The second kappa shape index (κ2) is 6.16. The van der Waals surface area contributed by atoms with Crippen molar-refractivity contribution in [3.63, 3.8) is 0 Å². The van der Waals surface area contributed by atoms with Gasteiger partial charge in [-0.3, -0.25) is 14.9 Å². The zero-order chi connectivity index (χ0) is 16.6. The molecule has 1 aromatic carbocycles. The van der Waals surface area contributed by atoms with Crippen molar-refractivity contribution in [3.8, 4) is 5.75 Å². The number of nitrogens with zero attached hydrogens (tertiary/aromatic N) is 3. The number of nitro groups is 1. The second-order valence-corrected chi connectivity index (χ2v) is 6.48. The van der Waals surface area contributed by atoms with Gasteiger partial charge in [0.15, 0.2) is 0 Å². The molecule has 0 saturated carbocycles. The summed E-state index contributed by atoms with van der Waals surface area (Å²) in [5.74, 6) is -0.0810. The highest BCUT2D eigenvalue weighted by Gasteiger charge is 2.38. The Morgan fingerprint density at radius 1 is 1.35 bits per heavy atom. The number of hydrogen-bond acceptors (Lipinski definition) is 5. The lowest BCUT2D eigenvalue weighted by Crippen LogP contribution is -2.55. The number of benzene rings is 1. The first-order chi connectivity index (χ1) is 11.0. The molecular weight excluding hydrogens is 298 g/mol. The number of aromatic hydroxyl groups is 1. The second-order valence-electron chi connectivity index (χ2n) is 6.48. The number of phenols is 1. The fourth-order valence-electron chi connectivity index (χ4n) is 3.81. The molecule has 2 aliphatic rings. The number of nitro benzene ring substituents is 1. The molecule has 2 unspecified atom stereocenters. The summed E-state index contributed by atoms with van der Waals surface area (Å²) in [5, 5.41) is 20.8. The quantitative estimate of drug-likeness (QED) is 0.664. The molecule has 0 aliphatic carbocycles. The Labute approximate surface area is 134 Å². The topological polar surface area (TPSA) is 86.9 Å². The first-order valence-corrected chi connectivity index (χ1v) is 7.94. The average Bonchev–Trinajstić information content (AvgIpc) is 2.53. The fourth-order valence-corrected chi connectivity index (χ4v) is 3.81. The van der Waals surface area contributed by atoms with Crippen LogP contribution in [0.4, 0.5) is 5.69 Å². The van der Waals surface area contributed by atoms with Crippen LogP contribution in [0, 0.1) is 16.0 Å². The molecule has 7 heteroatoms. The number of non-ortho nitro benzene ring substituents is 1. The van der Waals surface area contributed by atoms with Crippen molar-refractivity contribution in [1.29, 1.82) is 0 Å². The molecule has 1 N–H and O–H groups in total. The van der Waals surface area contributed by atoms with Crippen LogP contribution in [0.1, 0.15) is 29.6 Å². The lowest BCUT2D eigenvalue weighted by atomic mass is 9.83. The first-order valence-electron chi connectivity index (χ1n) is 7.94. The number of carbonyl (C=O) groups excluding carboxylic acids is 1. The third kappa shape index (κ3) is 3.01. The molecular formula is C16H21N3O4. The zero-order valence-corrected chi connectivity index (χ0v) is 13.1. The van der Waals surface area contributed by atoms with E-state index in [0.717, 1.165) is 38.4 Å². The first kappa shape index (κ1) is 15.7. The highest BCUT2D eigenvalue weighted by molar-refractivity contribution is 5.97.